The molecule has 0 aliphatic rings. The summed E-state index contributed by atoms with van der Waals surface area (Å²) in [5.41, 5.74) is 8.97. The zero-order valence-corrected chi connectivity index (χ0v) is 12.4. The fraction of sp³-hybridized carbons (Fsp3) is 0.267. The van der Waals surface area contributed by atoms with Crippen LogP contribution in [0.2, 0.25) is 5.02 Å². The van der Waals surface area contributed by atoms with E-state index in [1.165, 1.54) is 0 Å². The molecule has 0 aliphatic heterocycles. The lowest BCUT2D eigenvalue weighted by atomic mass is 10.2. The van der Waals surface area contributed by atoms with Crippen LogP contribution < -0.4 is 11.1 Å². The van der Waals surface area contributed by atoms with Gasteiger partial charge in [-0.3, -0.25) is 4.79 Å². The highest BCUT2D eigenvalue weighted by Crippen LogP contribution is 2.22. The van der Waals surface area contributed by atoms with E-state index in [1.807, 2.05) is 48.7 Å². The van der Waals surface area contributed by atoms with E-state index in [9.17, 15) is 4.79 Å². The zero-order valence-electron chi connectivity index (χ0n) is 11.6. The summed E-state index contributed by atoms with van der Waals surface area (Å²) in [7, 11) is 0. The van der Waals surface area contributed by atoms with E-state index >= 15 is 0 Å². The maximum atomic E-state index is 12.1. The number of nitrogens with two attached hydrogens (primary N) is 1. The maximum absolute atomic E-state index is 12.1. The van der Waals surface area contributed by atoms with Gasteiger partial charge in [0.2, 0.25) is 0 Å². The molecule has 4 nitrogen and oxygen atoms in total. The Hall–Kier alpha value is -1.78. The highest BCUT2D eigenvalue weighted by atomic mass is 35.5. The number of nitrogens with zero attached hydrogens (tertiary/aromatic N) is 1. The maximum Gasteiger partial charge on any atom is 0.253 e. The summed E-state index contributed by atoms with van der Waals surface area (Å²) in [6.45, 7) is 4.81. The molecule has 0 aliphatic carbocycles. The van der Waals surface area contributed by atoms with Crippen molar-refractivity contribution in [1.29, 1.82) is 0 Å². The van der Waals surface area contributed by atoms with Crippen LogP contribution in [0.1, 0.15) is 21.7 Å². The highest BCUT2D eigenvalue weighted by Gasteiger charge is 2.16. The van der Waals surface area contributed by atoms with Gasteiger partial charge in [-0.2, -0.15) is 0 Å². The van der Waals surface area contributed by atoms with E-state index in [1.54, 1.807) is 0 Å². The van der Waals surface area contributed by atoms with Crippen molar-refractivity contribution in [3.05, 3.63) is 52.3 Å². The Bertz CT molecular complexity index is 617. The molecule has 20 heavy (non-hydrogen) atoms. The van der Waals surface area contributed by atoms with Crippen LogP contribution >= 0.6 is 11.6 Å². The summed E-state index contributed by atoms with van der Waals surface area (Å²) >= 11 is 5.91. The molecule has 0 saturated carbocycles. The fourth-order valence-electron chi connectivity index (χ4n) is 2.26. The van der Waals surface area contributed by atoms with Crippen LogP contribution in [0.15, 0.2) is 30.3 Å². The molecule has 5 heteroatoms. The molecule has 3 N–H and O–H groups in total. The van der Waals surface area contributed by atoms with Gasteiger partial charge in [0, 0.05) is 35.2 Å². The Morgan fingerprint density at radius 2 is 1.95 bits per heavy atom. The van der Waals surface area contributed by atoms with E-state index in [2.05, 4.69) is 5.32 Å². The van der Waals surface area contributed by atoms with Gasteiger partial charge in [0.05, 0.1) is 5.56 Å². The number of hydrogen-bond acceptors (Lipinski definition) is 2. The van der Waals surface area contributed by atoms with Crippen LogP contribution in [0.25, 0.3) is 5.69 Å². The number of carbonyl (C=O) groups is 1. The third-order valence-corrected chi connectivity index (χ3v) is 3.44. The second-order valence-electron chi connectivity index (χ2n) is 4.64. The van der Waals surface area contributed by atoms with Gasteiger partial charge in [-0.25, -0.2) is 0 Å². The van der Waals surface area contributed by atoms with Crippen molar-refractivity contribution < 1.29 is 4.79 Å². The van der Waals surface area contributed by atoms with E-state index in [0.717, 1.165) is 17.1 Å². The molecule has 106 valence electrons. The lowest BCUT2D eigenvalue weighted by Gasteiger charge is -2.10. The van der Waals surface area contributed by atoms with Crippen molar-refractivity contribution in [3.8, 4) is 5.69 Å². The summed E-state index contributed by atoms with van der Waals surface area (Å²) in [4.78, 5) is 12.1. The van der Waals surface area contributed by atoms with E-state index < -0.39 is 0 Å². The average Bonchev–Trinajstić information content (AvgIpc) is 2.73. The van der Waals surface area contributed by atoms with Gasteiger partial charge in [0.1, 0.15) is 0 Å². The summed E-state index contributed by atoms with van der Waals surface area (Å²) in [6.07, 6.45) is 0. The van der Waals surface area contributed by atoms with Crippen LogP contribution in [-0.2, 0) is 0 Å². The molecule has 0 spiro atoms. The van der Waals surface area contributed by atoms with Crippen LogP contribution in [0, 0.1) is 13.8 Å². The lowest BCUT2D eigenvalue weighted by molar-refractivity contribution is 0.0954. The SMILES string of the molecule is Cc1cc(C(=O)NCCN)c(C)n1-c1ccc(Cl)cc1. The molecule has 1 amide bonds. The first kappa shape index (κ1) is 14.6. The third-order valence-electron chi connectivity index (χ3n) is 3.19. The first-order valence-electron chi connectivity index (χ1n) is 6.47. The third kappa shape index (κ3) is 2.86. The van der Waals surface area contributed by atoms with Gasteiger partial charge in [-0.05, 0) is 44.2 Å². The number of hydrogen-bond donors (Lipinski definition) is 2. The molecule has 1 heterocycles. The number of rotatable bonds is 4. The molecule has 2 rings (SSSR count). The quantitative estimate of drug-likeness (QED) is 0.909. The lowest BCUT2D eigenvalue weighted by Crippen LogP contribution is -2.29. The number of amides is 1. The van der Waals surface area contributed by atoms with Crippen molar-refractivity contribution >= 4 is 17.5 Å². The standard InChI is InChI=1S/C15H18ClN3O/c1-10-9-14(15(20)18-8-7-17)11(2)19(10)13-5-3-12(16)4-6-13/h3-6,9H,7-8,17H2,1-2H3,(H,18,20). The Morgan fingerprint density at radius 1 is 1.30 bits per heavy atom. The molecule has 2 aromatic rings. The second-order valence-corrected chi connectivity index (χ2v) is 5.08. The van der Waals surface area contributed by atoms with Crippen LogP contribution in [-0.4, -0.2) is 23.6 Å². The van der Waals surface area contributed by atoms with Crippen LogP contribution in [0.4, 0.5) is 0 Å². The first-order valence-corrected chi connectivity index (χ1v) is 6.85. The van der Waals surface area contributed by atoms with E-state index in [4.69, 9.17) is 17.3 Å². The summed E-state index contributed by atoms with van der Waals surface area (Å²) in [5, 5.41) is 3.48. The van der Waals surface area contributed by atoms with Crippen molar-refractivity contribution in [3.63, 3.8) is 0 Å². The number of carbonyl (C=O) groups excluding carboxylic acids is 1. The van der Waals surface area contributed by atoms with E-state index in [-0.39, 0.29) is 5.91 Å². The molecule has 0 atom stereocenters. The van der Waals surface area contributed by atoms with Crippen molar-refractivity contribution in [2.75, 3.05) is 13.1 Å². The van der Waals surface area contributed by atoms with Gasteiger partial charge in [-0.15, -0.1) is 0 Å². The minimum atomic E-state index is -0.0937. The van der Waals surface area contributed by atoms with Crippen LogP contribution in [0.5, 0.6) is 0 Å². The summed E-state index contributed by atoms with van der Waals surface area (Å²) < 4.78 is 2.04. The number of halogens is 1. The van der Waals surface area contributed by atoms with Gasteiger partial charge >= 0.3 is 0 Å². The Labute approximate surface area is 123 Å². The van der Waals surface area contributed by atoms with Gasteiger partial charge in [0.15, 0.2) is 0 Å². The smallest absolute Gasteiger partial charge is 0.253 e. The minimum absolute atomic E-state index is 0.0937. The van der Waals surface area contributed by atoms with Gasteiger partial charge in [-0.1, -0.05) is 11.6 Å². The van der Waals surface area contributed by atoms with Crippen LogP contribution in [0.3, 0.4) is 0 Å². The van der Waals surface area contributed by atoms with Gasteiger partial charge in [0.25, 0.3) is 5.91 Å². The molecule has 0 radical (unpaired) electrons. The molecular formula is C15H18ClN3O. The summed E-state index contributed by atoms with van der Waals surface area (Å²) in [5.74, 6) is -0.0937. The minimum Gasteiger partial charge on any atom is -0.351 e. The Kier molecular flexibility index (Phi) is 4.47. The molecule has 0 saturated heterocycles. The predicted octanol–water partition coefficient (Wildman–Crippen LogP) is 2.44. The van der Waals surface area contributed by atoms with Crippen molar-refractivity contribution in [2.24, 2.45) is 5.73 Å². The number of aromatic nitrogens is 1. The normalized spacial score (nSPS) is 10.6. The topological polar surface area (TPSA) is 60.1 Å². The first-order chi connectivity index (χ1) is 9.54. The van der Waals surface area contributed by atoms with Gasteiger partial charge < -0.3 is 15.6 Å². The molecular weight excluding hydrogens is 274 g/mol. The Morgan fingerprint density at radius 3 is 2.55 bits per heavy atom. The van der Waals surface area contributed by atoms with E-state index in [0.29, 0.717) is 23.7 Å². The zero-order chi connectivity index (χ0) is 14.7. The molecule has 0 bridgehead atoms. The number of benzene rings is 1. The molecule has 0 fully saturated rings. The highest BCUT2D eigenvalue weighted by molar-refractivity contribution is 6.30. The van der Waals surface area contributed by atoms with Crippen molar-refractivity contribution in [1.82, 2.24) is 9.88 Å². The molecule has 1 aromatic heterocycles. The average molecular weight is 292 g/mol. The molecule has 0 unspecified atom stereocenters. The fourth-order valence-corrected chi connectivity index (χ4v) is 2.39. The Balaban J connectivity index is 2.38. The number of aryl methyl sites for hydroxylation is 1. The second kappa shape index (κ2) is 6.11. The number of nitrogens with one attached hydrogen (secondary N) is 1. The largest absolute Gasteiger partial charge is 0.351 e. The monoisotopic (exact) mass is 291 g/mol. The predicted molar refractivity (Wildman–Crippen MR) is 81.6 cm³/mol. The van der Waals surface area contributed by atoms with Crippen molar-refractivity contribution in [2.45, 2.75) is 13.8 Å². The molecule has 1 aromatic carbocycles. The summed E-state index contributed by atoms with van der Waals surface area (Å²) in [6, 6.07) is 9.43.